The van der Waals surface area contributed by atoms with Crippen LogP contribution in [0.3, 0.4) is 0 Å². The molecule has 1 aromatic heterocycles. The fourth-order valence-corrected chi connectivity index (χ4v) is 2.65. The molecular weight excluding hydrogens is 329 g/mol. The Kier molecular flexibility index (Phi) is 5.51. The first-order valence-electron chi connectivity index (χ1n) is 7.56. The molecule has 2 rings (SSSR count). The Morgan fingerprint density at radius 1 is 1.58 bits per heavy atom. The standard InChI is InChI=1S/C14H21F3N4O3/c1-9-10(18-6-8-24-9)11(22)19-4-3-13(23,14(15,16)17)12-20-5-7-21(12)2/h5,7,9-10,18,23H,3-4,6,8H2,1-2H3,(H,19,22)/t9-,10+,13?/m1/s1. The molecule has 0 saturated carbocycles. The monoisotopic (exact) mass is 350 g/mol. The summed E-state index contributed by atoms with van der Waals surface area (Å²) >= 11 is 0. The number of hydrogen-bond acceptors (Lipinski definition) is 5. The summed E-state index contributed by atoms with van der Waals surface area (Å²) in [7, 11) is 1.36. The first kappa shape index (κ1) is 18.7. The maximum absolute atomic E-state index is 13.3. The summed E-state index contributed by atoms with van der Waals surface area (Å²) in [4.78, 5) is 15.7. The Hall–Kier alpha value is -1.65. The Balaban J connectivity index is 2.02. The number of alkyl halides is 3. The van der Waals surface area contributed by atoms with E-state index in [-0.39, 0.29) is 12.6 Å². The normalized spacial score (nSPS) is 24.4. The average molecular weight is 350 g/mol. The number of halogens is 3. The molecule has 1 amide bonds. The second-order valence-electron chi connectivity index (χ2n) is 5.77. The highest BCUT2D eigenvalue weighted by atomic mass is 19.4. The van der Waals surface area contributed by atoms with Crippen LogP contribution in [0.4, 0.5) is 13.2 Å². The van der Waals surface area contributed by atoms with Crippen LogP contribution in [-0.4, -0.2) is 58.6 Å². The molecule has 3 atom stereocenters. The van der Waals surface area contributed by atoms with Gasteiger partial charge in [-0.2, -0.15) is 13.2 Å². The zero-order valence-corrected chi connectivity index (χ0v) is 13.4. The van der Waals surface area contributed by atoms with Crippen molar-refractivity contribution in [2.24, 2.45) is 7.05 Å². The first-order chi connectivity index (χ1) is 11.2. The minimum absolute atomic E-state index is 0.355. The highest BCUT2D eigenvalue weighted by Crippen LogP contribution is 2.40. The zero-order chi connectivity index (χ0) is 18.0. The van der Waals surface area contributed by atoms with Gasteiger partial charge in [-0.25, -0.2) is 4.98 Å². The Morgan fingerprint density at radius 3 is 2.83 bits per heavy atom. The van der Waals surface area contributed by atoms with Crippen molar-refractivity contribution in [3.63, 3.8) is 0 Å². The number of carbonyl (C=O) groups is 1. The average Bonchev–Trinajstić information content (AvgIpc) is 2.92. The second-order valence-corrected chi connectivity index (χ2v) is 5.77. The molecule has 7 nitrogen and oxygen atoms in total. The van der Waals surface area contributed by atoms with E-state index in [9.17, 15) is 23.1 Å². The lowest BCUT2D eigenvalue weighted by Crippen LogP contribution is -2.56. The van der Waals surface area contributed by atoms with Gasteiger partial charge in [0.25, 0.3) is 0 Å². The molecule has 0 aliphatic carbocycles. The molecule has 1 aromatic rings. The van der Waals surface area contributed by atoms with Crippen LogP contribution >= 0.6 is 0 Å². The largest absolute Gasteiger partial charge is 0.424 e. The van der Waals surface area contributed by atoms with Gasteiger partial charge in [-0.05, 0) is 6.92 Å². The van der Waals surface area contributed by atoms with Crippen molar-refractivity contribution in [3.05, 3.63) is 18.2 Å². The molecule has 10 heteroatoms. The van der Waals surface area contributed by atoms with E-state index in [1.807, 2.05) is 0 Å². The van der Waals surface area contributed by atoms with E-state index >= 15 is 0 Å². The van der Waals surface area contributed by atoms with Gasteiger partial charge in [0.2, 0.25) is 11.5 Å². The summed E-state index contributed by atoms with van der Waals surface area (Å²) in [5, 5.41) is 15.5. The quantitative estimate of drug-likeness (QED) is 0.699. The topological polar surface area (TPSA) is 88.4 Å². The van der Waals surface area contributed by atoms with Gasteiger partial charge >= 0.3 is 6.18 Å². The predicted molar refractivity (Wildman–Crippen MR) is 78.0 cm³/mol. The van der Waals surface area contributed by atoms with Gasteiger partial charge in [-0.15, -0.1) is 0 Å². The molecule has 1 fully saturated rings. The van der Waals surface area contributed by atoms with Crippen LogP contribution in [0, 0.1) is 0 Å². The number of ether oxygens (including phenoxy) is 1. The molecule has 0 bridgehead atoms. The minimum Gasteiger partial charge on any atom is -0.375 e. The SMILES string of the molecule is C[C@H]1OCCN[C@@H]1C(=O)NCCC(O)(c1nccn1C)C(F)(F)F. The van der Waals surface area contributed by atoms with E-state index in [1.165, 1.54) is 19.4 Å². The van der Waals surface area contributed by atoms with E-state index < -0.39 is 36.0 Å². The second kappa shape index (κ2) is 7.08. The molecule has 3 N–H and O–H groups in total. The van der Waals surface area contributed by atoms with Crippen molar-refractivity contribution in [2.45, 2.75) is 37.3 Å². The molecule has 1 unspecified atom stereocenters. The molecule has 0 radical (unpaired) electrons. The number of morpholine rings is 1. The summed E-state index contributed by atoms with van der Waals surface area (Å²) in [5.74, 6) is -0.983. The number of aryl methyl sites for hydroxylation is 1. The number of aromatic nitrogens is 2. The van der Waals surface area contributed by atoms with E-state index in [4.69, 9.17) is 4.74 Å². The van der Waals surface area contributed by atoms with Crippen molar-refractivity contribution in [1.29, 1.82) is 0 Å². The van der Waals surface area contributed by atoms with Crippen LogP contribution in [0.2, 0.25) is 0 Å². The van der Waals surface area contributed by atoms with Crippen LogP contribution in [0.15, 0.2) is 12.4 Å². The number of amides is 1. The van der Waals surface area contributed by atoms with E-state index in [2.05, 4.69) is 15.6 Å². The Bertz CT molecular complexity index is 578. The number of imidazole rings is 1. The van der Waals surface area contributed by atoms with Gasteiger partial charge < -0.3 is 25.0 Å². The molecular formula is C14H21F3N4O3. The highest BCUT2D eigenvalue weighted by Gasteiger charge is 2.57. The van der Waals surface area contributed by atoms with Gasteiger partial charge in [0, 0.05) is 39.0 Å². The Labute approximate surface area is 137 Å². The van der Waals surface area contributed by atoms with Crippen molar-refractivity contribution >= 4 is 5.91 Å². The van der Waals surface area contributed by atoms with Crippen LogP contribution in [0.5, 0.6) is 0 Å². The number of nitrogens with one attached hydrogen (secondary N) is 2. The van der Waals surface area contributed by atoms with Gasteiger partial charge in [0.05, 0.1) is 12.7 Å². The molecule has 1 aliphatic heterocycles. The molecule has 2 heterocycles. The minimum atomic E-state index is -4.92. The van der Waals surface area contributed by atoms with Crippen molar-refractivity contribution in [3.8, 4) is 0 Å². The molecule has 136 valence electrons. The predicted octanol–water partition coefficient (Wildman–Crippen LogP) is 0.0532. The summed E-state index contributed by atoms with van der Waals surface area (Å²) in [6.45, 7) is 2.31. The number of aliphatic hydroxyl groups is 1. The summed E-state index contributed by atoms with van der Waals surface area (Å²) < 4.78 is 46.4. The third-order valence-corrected chi connectivity index (χ3v) is 4.05. The number of hydrogen-bond donors (Lipinski definition) is 3. The lowest BCUT2D eigenvalue weighted by Gasteiger charge is -2.31. The van der Waals surface area contributed by atoms with Crippen LogP contribution in [0.25, 0.3) is 0 Å². The van der Waals surface area contributed by atoms with Gasteiger partial charge in [-0.3, -0.25) is 4.79 Å². The van der Waals surface area contributed by atoms with Crippen LogP contribution < -0.4 is 10.6 Å². The molecule has 1 saturated heterocycles. The number of carbonyl (C=O) groups excluding carboxylic acids is 1. The Morgan fingerprint density at radius 2 is 2.29 bits per heavy atom. The lowest BCUT2D eigenvalue weighted by atomic mass is 9.97. The maximum Gasteiger partial charge on any atom is 0.424 e. The van der Waals surface area contributed by atoms with Gasteiger partial charge in [0.1, 0.15) is 11.9 Å². The summed E-state index contributed by atoms with van der Waals surface area (Å²) in [6.07, 6.45) is -3.55. The summed E-state index contributed by atoms with van der Waals surface area (Å²) in [6, 6.07) is -0.633. The van der Waals surface area contributed by atoms with E-state index in [0.29, 0.717) is 13.2 Å². The number of nitrogens with zero attached hydrogens (tertiary/aromatic N) is 2. The zero-order valence-electron chi connectivity index (χ0n) is 13.4. The van der Waals surface area contributed by atoms with E-state index in [1.54, 1.807) is 6.92 Å². The molecule has 0 spiro atoms. The fraction of sp³-hybridized carbons (Fsp3) is 0.714. The number of rotatable bonds is 5. The fourth-order valence-electron chi connectivity index (χ4n) is 2.65. The summed E-state index contributed by atoms with van der Waals surface area (Å²) in [5.41, 5.74) is -3.14. The molecule has 24 heavy (non-hydrogen) atoms. The van der Waals surface area contributed by atoms with E-state index in [0.717, 1.165) is 4.57 Å². The van der Waals surface area contributed by atoms with Gasteiger partial charge in [-0.1, -0.05) is 0 Å². The van der Waals surface area contributed by atoms with Crippen LogP contribution in [-0.2, 0) is 22.2 Å². The smallest absolute Gasteiger partial charge is 0.375 e. The third kappa shape index (κ3) is 3.70. The van der Waals surface area contributed by atoms with Crippen molar-refractivity contribution < 1.29 is 27.8 Å². The van der Waals surface area contributed by atoms with Gasteiger partial charge in [0.15, 0.2) is 0 Å². The molecule has 0 aromatic carbocycles. The first-order valence-corrected chi connectivity index (χ1v) is 7.56. The lowest BCUT2D eigenvalue weighted by molar-refractivity contribution is -0.272. The molecule has 1 aliphatic rings. The van der Waals surface area contributed by atoms with Crippen LogP contribution in [0.1, 0.15) is 19.2 Å². The highest BCUT2D eigenvalue weighted by molar-refractivity contribution is 5.82. The van der Waals surface area contributed by atoms with Crippen molar-refractivity contribution in [2.75, 3.05) is 19.7 Å². The third-order valence-electron chi connectivity index (χ3n) is 4.05. The van der Waals surface area contributed by atoms with Crippen molar-refractivity contribution in [1.82, 2.24) is 20.2 Å². The maximum atomic E-state index is 13.3.